The first-order valence-corrected chi connectivity index (χ1v) is 9.37. The number of rotatable bonds is 2. The fraction of sp³-hybridized carbons (Fsp3) is 0.222. The number of fused-ring (bicyclic) bond motifs is 2. The average Bonchev–Trinajstić information content (AvgIpc) is 3.16. The zero-order valence-electron chi connectivity index (χ0n) is 13.0. The van der Waals surface area contributed by atoms with Crippen LogP contribution in [0.15, 0.2) is 33.5 Å². The molecule has 3 heterocycles. The maximum atomic E-state index is 14.0. The fourth-order valence-corrected chi connectivity index (χ4v) is 4.32. The molecule has 0 N–H and O–H groups in total. The zero-order chi connectivity index (χ0) is 16.8. The Labute approximate surface area is 150 Å². The molecule has 0 spiro atoms. The van der Waals surface area contributed by atoms with Crippen LogP contribution >= 0.6 is 27.3 Å². The van der Waals surface area contributed by atoms with Gasteiger partial charge in [0, 0.05) is 21.5 Å². The summed E-state index contributed by atoms with van der Waals surface area (Å²) < 4.78 is 16.6. The highest BCUT2D eigenvalue weighted by molar-refractivity contribution is 9.10. The molecule has 2 aromatic heterocycles. The van der Waals surface area contributed by atoms with E-state index in [0.717, 1.165) is 26.2 Å². The van der Waals surface area contributed by atoms with Crippen LogP contribution in [0.25, 0.3) is 21.9 Å². The van der Waals surface area contributed by atoms with E-state index in [-0.39, 0.29) is 11.4 Å². The van der Waals surface area contributed by atoms with Crippen molar-refractivity contribution in [3.63, 3.8) is 0 Å². The molecule has 24 heavy (non-hydrogen) atoms. The van der Waals surface area contributed by atoms with Crippen molar-refractivity contribution in [3.8, 4) is 0 Å². The van der Waals surface area contributed by atoms with E-state index in [1.165, 1.54) is 6.07 Å². The summed E-state index contributed by atoms with van der Waals surface area (Å²) in [4.78, 5) is 19.3. The molecule has 1 aromatic carbocycles. The van der Waals surface area contributed by atoms with E-state index in [4.69, 9.17) is 4.98 Å². The van der Waals surface area contributed by atoms with Crippen LogP contribution in [-0.2, 0) is 13.0 Å². The molecule has 0 aliphatic carbocycles. The Balaban J connectivity index is 1.89. The Hall–Kier alpha value is -1.79. The van der Waals surface area contributed by atoms with Crippen molar-refractivity contribution in [2.24, 2.45) is 0 Å². The van der Waals surface area contributed by atoms with Gasteiger partial charge in [0.1, 0.15) is 16.5 Å². The third kappa shape index (κ3) is 2.54. The molecule has 0 saturated carbocycles. The van der Waals surface area contributed by atoms with Gasteiger partial charge in [-0.05, 0) is 48.8 Å². The summed E-state index contributed by atoms with van der Waals surface area (Å²) >= 11 is 4.93. The summed E-state index contributed by atoms with van der Waals surface area (Å²) in [5.41, 5.74) is 1.41. The van der Waals surface area contributed by atoms with Crippen molar-refractivity contribution in [1.29, 1.82) is 0 Å². The number of hydrogen-bond donors (Lipinski definition) is 0. The highest BCUT2D eigenvalue weighted by Crippen LogP contribution is 2.31. The average molecular weight is 405 g/mol. The van der Waals surface area contributed by atoms with Crippen molar-refractivity contribution < 1.29 is 4.39 Å². The second kappa shape index (κ2) is 5.93. The summed E-state index contributed by atoms with van der Waals surface area (Å²) in [5, 5.41) is 0.690. The smallest absolute Gasteiger partial charge is 0.262 e. The molecular weight excluding hydrogens is 391 g/mol. The molecule has 0 unspecified atom stereocenters. The minimum atomic E-state index is -0.281. The quantitative estimate of drug-likeness (QED) is 0.610. The van der Waals surface area contributed by atoms with Gasteiger partial charge in [-0.2, -0.15) is 0 Å². The summed E-state index contributed by atoms with van der Waals surface area (Å²) in [6.07, 6.45) is 3.37. The minimum absolute atomic E-state index is 0.00376. The van der Waals surface area contributed by atoms with Gasteiger partial charge in [-0.15, -0.1) is 11.3 Å². The fourth-order valence-electron chi connectivity index (χ4n) is 2.99. The largest absolute Gasteiger partial charge is 0.292 e. The first-order valence-electron chi connectivity index (χ1n) is 7.76. The van der Waals surface area contributed by atoms with Crippen LogP contribution in [0.3, 0.4) is 0 Å². The molecular formula is C18H14BrFN2OS. The van der Waals surface area contributed by atoms with E-state index in [2.05, 4.69) is 22.9 Å². The minimum Gasteiger partial charge on any atom is -0.292 e. The number of benzene rings is 1. The SMILES string of the molecule is CCc1cc2c(=O)n3c(nc2s1)/C(=C/c1cc(Br)ccc1F)CC3. The van der Waals surface area contributed by atoms with E-state index in [1.54, 1.807) is 34.1 Å². The molecule has 3 nitrogen and oxygen atoms in total. The molecule has 0 saturated heterocycles. The van der Waals surface area contributed by atoms with Crippen LogP contribution in [0.2, 0.25) is 0 Å². The summed E-state index contributed by atoms with van der Waals surface area (Å²) in [6.45, 7) is 2.66. The highest BCUT2D eigenvalue weighted by Gasteiger charge is 2.22. The number of allylic oxidation sites excluding steroid dienone is 1. The van der Waals surface area contributed by atoms with Crippen molar-refractivity contribution >= 4 is 49.1 Å². The Morgan fingerprint density at radius 2 is 2.25 bits per heavy atom. The van der Waals surface area contributed by atoms with Crippen molar-refractivity contribution in [3.05, 3.63) is 61.2 Å². The van der Waals surface area contributed by atoms with Crippen LogP contribution in [0.5, 0.6) is 0 Å². The number of halogens is 2. The standard InChI is InChI=1S/C18H14BrFN2OS/c1-2-13-9-14-17(24-13)21-16-10(5-6-22(16)18(14)23)7-11-8-12(19)3-4-15(11)20/h3-4,7-9H,2,5-6H2,1H3/b10-7+. The Morgan fingerprint density at radius 3 is 3.04 bits per heavy atom. The lowest BCUT2D eigenvalue weighted by atomic mass is 10.1. The van der Waals surface area contributed by atoms with Gasteiger partial charge >= 0.3 is 0 Å². The van der Waals surface area contributed by atoms with Crippen LogP contribution in [0, 0.1) is 5.82 Å². The first kappa shape index (κ1) is 15.7. The maximum absolute atomic E-state index is 14.0. The second-order valence-electron chi connectivity index (χ2n) is 5.76. The number of hydrogen-bond acceptors (Lipinski definition) is 3. The Bertz CT molecular complexity index is 1050. The number of nitrogens with zero attached hydrogens (tertiary/aromatic N) is 2. The van der Waals surface area contributed by atoms with E-state index in [9.17, 15) is 9.18 Å². The monoisotopic (exact) mass is 404 g/mol. The van der Waals surface area contributed by atoms with Gasteiger partial charge in [0.05, 0.1) is 5.39 Å². The summed E-state index contributed by atoms with van der Waals surface area (Å²) in [5.74, 6) is 0.383. The summed E-state index contributed by atoms with van der Waals surface area (Å²) in [6, 6.07) is 6.78. The lowest BCUT2D eigenvalue weighted by Crippen LogP contribution is -2.19. The molecule has 6 heteroatoms. The molecule has 0 fully saturated rings. The number of aryl methyl sites for hydroxylation is 1. The molecule has 1 aliphatic rings. The number of aromatic nitrogens is 2. The van der Waals surface area contributed by atoms with Gasteiger partial charge in [-0.25, -0.2) is 9.37 Å². The Morgan fingerprint density at radius 1 is 1.42 bits per heavy atom. The third-order valence-electron chi connectivity index (χ3n) is 4.23. The normalized spacial score (nSPS) is 15.4. The van der Waals surface area contributed by atoms with E-state index in [1.807, 2.05) is 6.07 Å². The number of thiophene rings is 1. The highest BCUT2D eigenvalue weighted by atomic mass is 79.9. The van der Waals surface area contributed by atoms with E-state index >= 15 is 0 Å². The van der Waals surface area contributed by atoms with E-state index < -0.39 is 0 Å². The van der Waals surface area contributed by atoms with E-state index in [0.29, 0.717) is 29.7 Å². The molecule has 4 rings (SSSR count). The molecule has 0 radical (unpaired) electrons. The van der Waals surface area contributed by atoms with Gasteiger partial charge in [0.2, 0.25) is 0 Å². The van der Waals surface area contributed by atoms with Crippen molar-refractivity contribution in [1.82, 2.24) is 9.55 Å². The summed E-state index contributed by atoms with van der Waals surface area (Å²) in [7, 11) is 0. The van der Waals surface area contributed by atoms with Crippen LogP contribution in [-0.4, -0.2) is 9.55 Å². The van der Waals surface area contributed by atoms with Crippen LogP contribution < -0.4 is 5.56 Å². The molecule has 1 aliphatic heterocycles. The van der Waals surface area contributed by atoms with Crippen LogP contribution in [0.1, 0.15) is 29.6 Å². The lowest BCUT2D eigenvalue weighted by molar-refractivity contribution is 0.625. The van der Waals surface area contributed by atoms with Gasteiger partial charge in [-0.1, -0.05) is 22.9 Å². The predicted molar refractivity (Wildman–Crippen MR) is 99.8 cm³/mol. The molecule has 0 atom stereocenters. The Kier molecular flexibility index (Phi) is 3.89. The van der Waals surface area contributed by atoms with Crippen molar-refractivity contribution in [2.45, 2.75) is 26.3 Å². The van der Waals surface area contributed by atoms with Gasteiger partial charge in [-0.3, -0.25) is 9.36 Å². The van der Waals surface area contributed by atoms with Crippen LogP contribution in [0.4, 0.5) is 4.39 Å². The molecule has 122 valence electrons. The topological polar surface area (TPSA) is 34.9 Å². The van der Waals surface area contributed by atoms with Gasteiger partial charge in [0.15, 0.2) is 0 Å². The molecule has 0 bridgehead atoms. The predicted octanol–water partition coefficient (Wildman–Crippen LogP) is 4.87. The van der Waals surface area contributed by atoms with Gasteiger partial charge < -0.3 is 0 Å². The lowest BCUT2D eigenvalue weighted by Gasteiger charge is -2.03. The molecule has 0 amide bonds. The maximum Gasteiger partial charge on any atom is 0.262 e. The van der Waals surface area contributed by atoms with Crippen molar-refractivity contribution in [2.75, 3.05) is 0 Å². The first-order chi connectivity index (χ1) is 11.6. The van der Waals surface area contributed by atoms with Gasteiger partial charge in [0.25, 0.3) is 5.56 Å². The third-order valence-corrected chi connectivity index (χ3v) is 5.90. The zero-order valence-corrected chi connectivity index (χ0v) is 15.4. The second-order valence-corrected chi connectivity index (χ2v) is 7.79. The molecule has 3 aromatic rings.